The molecule has 0 spiro atoms. The van der Waals surface area contributed by atoms with Crippen molar-refractivity contribution in [2.75, 3.05) is 13.4 Å². The fourth-order valence-electron chi connectivity index (χ4n) is 1.84. The lowest BCUT2D eigenvalue weighted by Crippen LogP contribution is -1.87. The lowest BCUT2D eigenvalue weighted by molar-refractivity contribution is 0.412. The number of rotatable bonds is 3. The van der Waals surface area contributed by atoms with Gasteiger partial charge in [0.25, 0.3) is 0 Å². The van der Waals surface area contributed by atoms with Crippen molar-refractivity contribution in [1.29, 1.82) is 0 Å². The summed E-state index contributed by atoms with van der Waals surface area (Å²) >= 11 is 1.76. The first kappa shape index (κ1) is 12.1. The second-order valence-electron chi connectivity index (χ2n) is 3.91. The van der Waals surface area contributed by atoms with Gasteiger partial charge < -0.3 is 4.74 Å². The number of methoxy groups -OCH3 is 1. The molecule has 0 aliphatic heterocycles. The number of hydrogen-bond acceptors (Lipinski definition) is 2. The Morgan fingerprint density at radius 2 is 1.59 bits per heavy atom. The first-order valence-electron chi connectivity index (χ1n) is 5.53. The van der Waals surface area contributed by atoms with Gasteiger partial charge in [-0.2, -0.15) is 0 Å². The van der Waals surface area contributed by atoms with E-state index in [9.17, 15) is 0 Å². The molecule has 0 saturated carbocycles. The summed E-state index contributed by atoms with van der Waals surface area (Å²) in [6.45, 7) is 2.07. The van der Waals surface area contributed by atoms with E-state index in [4.69, 9.17) is 4.74 Å². The zero-order chi connectivity index (χ0) is 12.3. The maximum absolute atomic E-state index is 5.27. The van der Waals surface area contributed by atoms with Gasteiger partial charge in [-0.1, -0.05) is 18.2 Å². The third kappa shape index (κ3) is 2.64. The van der Waals surface area contributed by atoms with Crippen molar-refractivity contribution in [1.82, 2.24) is 0 Å². The van der Waals surface area contributed by atoms with Gasteiger partial charge in [0.1, 0.15) is 5.75 Å². The van der Waals surface area contributed by atoms with E-state index >= 15 is 0 Å². The van der Waals surface area contributed by atoms with Gasteiger partial charge in [0.2, 0.25) is 0 Å². The number of benzene rings is 2. The van der Waals surface area contributed by atoms with Crippen molar-refractivity contribution in [3.05, 3.63) is 48.0 Å². The van der Waals surface area contributed by atoms with E-state index in [1.54, 1.807) is 18.9 Å². The zero-order valence-electron chi connectivity index (χ0n) is 10.4. The van der Waals surface area contributed by atoms with Gasteiger partial charge >= 0.3 is 0 Å². The SMILES string of the molecule is COc1ccc(-c2ccc(SC)cc2)cc1C. The van der Waals surface area contributed by atoms with Crippen molar-refractivity contribution in [3.63, 3.8) is 0 Å². The van der Waals surface area contributed by atoms with Gasteiger partial charge in [-0.25, -0.2) is 0 Å². The fourth-order valence-corrected chi connectivity index (χ4v) is 2.25. The van der Waals surface area contributed by atoms with Crippen LogP contribution in [0.2, 0.25) is 0 Å². The van der Waals surface area contributed by atoms with Crippen molar-refractivity contribution >= 4 is 11.8 Å². The second kappa shape index (κ2) is 5.28. The molecule has 2 aromatic carbocycles. The third-order valence-corrected chi connectivity index (χ3v) is 3.56. The Labute approximate surface area is 107 Å². The van der Waals surface area contributed by atoms with Gasteiger partial charge in [-0.05, 0) is 54.1 Å². The highest BCUT2D eigenvalue weighted by molar-refractivity contribution is 7.98. The van der Waals surface area contributed by atoms with E-state index < -0.39 is 0 Å². The normalized spacial score (nSPS) is 10.3. The highest BCUT2D eigenvalue weighted by Crippen LogP contribution is 2.27. The monoisotopic (exact) mass is 244 g/mol. The van der Waals surface area contributed by atoms with Crippen LogP contribution in [0.1, 0.15) is 5.56 Å². The average molecular weight is 244 g/mol. The van der Waals surface area contributed by atoms with Crippen molar-refractivity contribution in [2.45, 2.75) is 11.8 Å². The molecule has 2 aromatic rings. The molecule has 0 aliphatic rings. The zero-order valence-corrected chi connectivity index (χ0v) is 11.2. The Morgan fingerprint density at radius 3 is 2.12 bits per heavy atom. The van der Waals surface area contributed by atoms with Crippen molar-refractivity contribution in [2.24, 2.45) is 0 Å². The predicted molar refractivity (Wildman–Crippen MR) is 74.9 cm³/mol. The third-order valence-electron chi connectivity index (χ3n) is 2.82. The van der Waals surface area contributed by atoms with Crippen LogP contribution in [-0.2, 0) is 0 Å². The van der Waals surface area contributed by atoms with Crippen LogP contribution >= 0.6 is 11.8 Å². The lowest BCUT2D eigenvalue weighted by Gasteiger charge is -2.08. The molecule has 0 fully saturated rings. The summed E-state index contributed by atoms with van der Waals surface area (Å²) in [4.78, 5) is 1.29. The lowest BCUT2D eigenvalue weighted by atomic mass is 10.0. The molecule has 1 nitrogen and oxygen atoms in total. The Bertz CT molecular complexity index is 503. The molecule has 0 atom stereocenters. The van der Waals surface area contributed by atoms with Crippen LogP contribution in [0.15, 0.2) is 47.4 Å². The molecule has 2 heteroatoms. The predicted octanol–water partition coefficient (Wildman–Crippen LogP) is 4.39. The van der Waals surface area contributed by atoms with Crippen molar-refractivity contribution in [3.8, 4) is 16.9 Å². The van der Waals surface area contributed by atoms with Crippen molar-refractivity contribution < 1.29 is 4.74 Å². The van der Waals surface area contributed by atoms with Gasteiger partial charge in [-0.15, -0.1) is 11.8 Å². The van der Waals surface area contributed by atoms with Crippen LogP contribution in [0.3, 0.4) is 0 Å². The minimum absolute atomic E-state index is 0.939. The minimum Gasteiger partial charge on any atom is -0.496 e. The summed E-state index contributed by atoms with van der Waals surface area (Å²) < 4.78 is 5.27. The molecule has 0 radical (unpaired) electrons. The Morgan fingerprint density at radius 1 is 0.941 bits per heavy atom. The number of thioether (sulfide) groups is 1. The second-order valence-corrected chi connectivity index (χ2v) is 4.79. The van der Waals surface area contributed by atoms with E-state index in [2.05, 4.69) is 49.6 Å². The van der Waals surface area contributed by atoms with E-state index in [0.717, 1.165) is 5.75 Å². The Kier molecular flexibility index (Phi) is 3.75. The smallest absolute Gasteiger partial charge is 0.121 e. The van der Waals surface area contributed by atoms with Crippen LogP contribution < -0.4 is 4.74 Å². The minimum atomic E-state index is 0.939. The molecule has 2 rings (SSSR count). The molecule has 0 aliphatic carbocycles. The topological polar surface area (TPSA) is 9.23 Å². The summed E-state index contributed by atoms with van der Waals surface area (Å²) in [5.41, 5.74) is 3.64. The Hall–Kier alpha value is -1.41. The van der Waals surface area contributed by atoms with Gasteiger partial charge in [0.05, 0.1) is 7.11 Å². The number of hydrogen-bond donors (Lipinski definition) is 0. The molecule has 0 aromatic heterocycles. The Balaban J connectivity index is 2.35. The summed E-state index contributed by atoms with van der Waals surface area (Å²) in [7, 11) is 1.70. The maximum atomic E-state index is 5.27. The first-order valence-corrected chi connectivity index (χ1v) is 6.76. The molecule has 17 heavy (non-hydrogen) atoms. The molecule has 0 unspecified atom stereocenters. The molecule has 0 N–H and O–H groups in total. The van der Waals surface area contributed by atoms with E-state index in [1.807, 2.05) is 6.07 Å². The molecule has 0 saturated heterocycles. The van der Waals surface area contributed by atoms with Gasteiger partial charge in [0.15, 0.2) is 0 Å². The quantitative estimate of drug-likeness (QED) is 0.740. The van der Waals surface area contributed by atoms with E-state index in [0.29, 0.717) is 0 Å². The van der Waals surface area contributed by atoms with Crippen LogP contribution in [0.25, 0.3) is 11.1 Å². The van der Waals surface area contributed by atoms with Crippen LogP contribution in [-0.4, -0.2) is 13.4 Å². The van der Waals surface area contributed by atoms with E-state index in [-0.39, 0.29) is 0 Å². The molecule has 0 amide bonds. The summed E-state index contributed by atoms with van der Waals surface area (Å²) in [6, 6.07) is 14.9. The van der Waals surface area contributed by atoms with Crippen LogP contribution in [0.5, 0.6) is 5.75 Å². The van der Waals surface area contributed by atoms with Gasteiger partial charge in [-0.3, -0.25) is 0 Å². The fraction of sp³-hybridized carbons (Fsp3) is 0.200. The molecular formula is C15H16OS. The standard InChI is InChI=1S/C15H16OS/c1-11-10-13(6-9-15(11)16-2)12-4-7-14(17-3)8-5-12/h4-10H,1-3H3. The molecular weight excluding hydrogens is 228 g/mol. The summed E-state index contributed by atoms with van der Waals surface area (Å²) in [6.07, 6.45) is 2.09. The summed E-state index contributed by atoms with van der Waals surface area (Å²) in [5, 5.41) is 0. The average Bonchev–Trinajstić information content (AvgIpc) is 2.39. The van der Waals surface area contributed by atoms with Gasteiger partial charge in [0, 0.05) is 4.90 Å². The number of aryl methyl sites for hydroxylation is 1. The number of ether oxygens (including phenoxy) is 1. The van der Waals surface area contributed by atoms with Crippen LogP contribution in [0, 0.1) is 6.92 Å². The largest absolute Gasteiger partial charge is 0.496 e. The molecule has 0 heterocycles. The first-order chi connectivity index (χ1) is 8.24. The highest BCUT2D eigenvalue weighted by Gasteiger charge is 2.02. The highest BCUT2D eigenvalue weighted by atomic mass is 32.2. The maximum Gasteiger partial charge on any atom is 0.121 e. The van der Waals surface area contributed by atoms with E-state index in [1.165, 1.54) is 21.6 Å². The molecule has 88 valence electrons. The van der Waals surface area contributed by atoms with Crippen LogP contribution in [0.4, 0.5) is 0 Å². The summed E-state index contributed by atoms with van der Waals surface area (Å²) in [5.74, 6) is 0.939. The molecule has 0 bridgehead atoms.